The van der Waals surface area contributed by atoms with E-state index in [0.29, 0.717) is 5.82 Å². The molecule has 0 saturated carbocycles. The molecule has 2 heterocycles. The van der Waals surface area contributed by atoms with E-state index in [9.17, 15) is 0 Å². The van der Waals surface area contributed by atoms with Crippen molar-refractivity contribution in [1.82, 2.24) is 20.3 Å². The van der Waals surface area contributed by atoms with Crippen LogP contribution in [0.2, 0.25) is 0 Å². The summed E-state index contributed by atoms with van der Waals surface area (Å²) in [6.07, 6.45) is 1.78. The molecule has 0 radical (unpaired) electrons. The van der Waals surface area contributed by atoms with Gasteiger partial charge >= 0.3 is 0 Å². The van der Waals surface area contributed by atoms with Crippen LogP contribution in [0.4, 0.5) is 0 Å². The molecule has 0 aliphatic rings. The maximum atomic E-state index is 4.57. The molecule has 0 saturated heterocycles. The predicted octanol–water partition coefficient (Wildman–Crippen LogP) is 2.26. The van der Waals surface area contributed by atoms with Gasteiger partial charge in [0.15, 0.2) is 5.82 Å². The number of rotatable bonds is 4. The van der Waals surface area contributed by atoms with E-state index >= 15 is 0 Å². The number of aromatic nitrogens is 3. The minimum atomic E-state index is 0.709. The molecule has 1 N–H and O–H groups in total. The lowest BCUT2D eigenvalue weighted by atomic mass is 10.2. The van der Waals surface area contributed by atoms with Gasteiger partial charge in [0.25, 0.3) is 0 Å². The van der Waals surface area contributed by atoms with Crippen molar-refractivity contribution in [3.05, 3.63) is 41.3 Å². The van der Waals surface area contributed by atoms with E-state index in [0.717, 1.165) is 35.7 Å². The van der Waals surface area contributed by atoms with Gasteiger partial charge in [-0.3, -0.25) is 4.98 Å². The van der Waals surface area contributed by atoms with Gasteiger partial charge < -0.3 is 5.32 Å². The Morgan fingerprint density at radius 3 is 2.78 bits per heavy atom. The van der Waals surface area contributed by atoms with Gasteiger partial charge in [0.1, 0.15) is 5.69 Å². The summed E-state index contributed by atoms with van der Waals surface area (Å²) in [6.45, 7) is 7.79. The van der Waals surface area contributed by atoms with Crippen molar-refractivity contribution in [2.75, 3.05) is 6.54 Å². The van der Waals surface area contributed by atoms with Crippen molar-refractivity contribution >= 4 is 0 Å². The first kappa shape index (κ1) is 12.6. The zero-order valence-electron chi connectivity index (χ0n) is 11.1. The lowest BCUT2D eigenvalue weighted by molar-refractivity contribution is 0.707. The Hall–Kier alpha value is -1.81. The lowest BCUT2D eigenvalue weighted by Crippen LogP contribution is -2.14. The highest BCUT2D eigenvalue weighted by atomic mass is 15.0. The molecule has 0 aromatic carbocycles. The van der Waals surface area contributed by atoms with E-state index < -0.39 is 0 Å². The molecule has 0 aliphatic carbocycles. The molecular weight excluding hydrogens is 224 g/mol. The Balaban J connectivity index is 2.39. The van der Waals surface area contributed by atoms with Gasteiger partial charge in [0.05, 0.1) is 5.69 Å². The summed E-state index contributed by atoms with van der Waals surface area (Å²) in [6, 6.07) is 5.95. The summed E-state index contributed by atoms with van der Waals surface area (Å²) < 4.78 is 0. The highest BCUT2D eigenvalue weighted by Crippen LogP contribution is 2.17. The highest BCUT2D eigenvalue weighted by molar-refractivity contribution is 5.54. The second-order valence-electron chi connectivity index (χ2n) is 4.27. The van der Waals surface area contributed by atoms with E-state index in [1.54, 1.807) is 6.20 Å². The summed E-state index contributed by atoms with van der Waals surface area (Å²) in [5, 5.41) is 3.27. The molecule has 0 spiro atoms. The molecule has 94 valence electrons. The lowest BCUT2D eigenvalue weighted by Gasteiger charge is -2.07. The average molecular weight is 242 g/mol. The second kappa shape index (κ2) is 5.69. The van der Waals surface area contributed by atoms with Crippen molar-refractivity contribution in [2.24, 2.45) is 0 Å². The molecule has 4 heteroatoms. The normalized spacial score (nSPS) is 10.6. The molecule has 0 aliphatic heterocycles. The van der Waals surface area contributed by atoms with Gasteiger partial charge in [-0.2, -0.15) is 0 Å². The molecular formula is C14H18N4. The van der Waals surface area contributed by atoms with Crippen LogP contribution < -0.4 is 5.32 Å². The first-order chi connectivity index (χ1) is 8.70. The fourth-order valence-corrected chi connectivity index (χ4v) is 1.80. The smallest absolute Gasteiger partial charge is 0.178 e. The molecule has 2 aromatic rings. The van der Waals surface area contributed by atoms with Crippen molar-refractivity contribution in [3.63, 3.8) is 0 Å². The molecule has 4 nitrogen and oxygen atoms in total. The third kappa shape index (κ3) is 2.90. The van der Waals surface area contributed by atoms with Crippen LogP contribution >= 0.6 is 0 Å². The Bertz CT molecular complexity index is 537. The molecule has 2 rings (SSSR count). The molecule has 2 aromatic heterocycles. The van der Waals surface area contributed by atoms with Crippen LogP contribution in [0.3, 0.4) is 0 Å². The van der Waals surface area contributed by atoms with E-state index in [1.165, 1.54) is 0 Å². The highest BCUT2D eigenvalue weighted by Gasteiger charge is 2.08. The number of nitrogens with one attached hydrogen (secondary N) is 1. The molecule has 0 bridgehead atoms. The van der Waals surface area contributed by atoms with Crippen LogP contribution in [0.15, 0.2) is 24.4 Å². The fourth-order valence-electron chi connectivity index (χ4n) is 1.80. The van der Waals surface area contributed by atoms with Gasteiger partial charge in [-0.25, -0.2) is 9.97 Å². The van der Waals surface area contributed by atoms with Crippen LogP contribution in [0, 0.1) is 13.8 Å². The van der Waals surface area contributed by atoms with Crippen LogP contribution in [0.5, 0.6) is 0 Å². The third-order valence-corrected chi connectivity index (χ3v) is 2.68. The summed E-state index contributed by atoms with van der Waals surface area (Å²) >= 11 is 0. The van der Waals surface area contributed by atoms with E-state index in [1.807, 2.05) is 32.0 Å². The largest absolute Gasteiger partial charge is 0.311 e. The van der Waals surface area contributed by atoms with Crippen molar-refractivity contribution in [2.45, 2.75) is 27.3 Å². The van der Waals surface area contributed by atoms with Gasteiger partial charge in [-0.15, -0.1) is 0 Å². The Morgan fingerprint density at radius 1 is 1.22 bits per heavy atom. The van der Waals surface area contributed by atoms with Crippen molar-refractivity contribution in [1.29, 1.82) is 0 Å². The average Bonchev–Trinajstić information content (AvgIpc) is 2.36. The SMILES string of the molecule is CCNCc1cc(C)nc(-c2ncccc2C)n1. The Labute approximate surface area is 108 Å². The number of nitrogens with zero attached hydrogens (tertiary/aromatic N) is 3. The van der Waals surface area contributed by atoms with Crippen LogP contribution in [0.1, 0.15) is 23.9 Å². The minimum Gasteiger partial charge on any atom is -0.311 e. The van der Waals surface area contributed by atoms with Gasteiger partial charge in [-0.1, -0.05) is 13.0 Å². The number of pyridine rings is 1. The zero-order chi connectivity index (χ0) is 13.0. The maximum absolute atomic E-state index is 4.57. The number of hydrogen-bond acceptors (Lipinski definition) is 4. The van der Waals surface area contributed by atoms with Gasteiger partial charge in [-0.05, 0) is 38.1 Å². The van der Waals surface area contributed by atoms with Gasteiger partial charge in [0.2, 0.25) is 0 Å². The van der Waals surface area contributed by atoms with E-state index in [4.69, 9.17) is 0 Å². The number of aryl methyl sites for hydroxylation is 2. The standard InChI is InChI=1S/C14H18N4/c1-4-15-9-12-8-11(3)17-14(18-12)13-10(2)6-5-7-16-13/h5-8,15H,4,9H2,1-3H3. The van der Waals surface area contributed by atoms with Crippen molar-refractivity contribution < 1.29 is 0 Å². The van der Waals surface area contributed by atoms with E-state index in [-0.39, 0.29) is 0 Å². The zero-order valence-corrected chi connectivity index (χ0v) is 11.1. The van der Waals surface area contributed by atoms with Crippen LogP contribution in [-0.2, 0) is 6.54 Å². The molecule has 0 fully saturated rings. The minimum absolute atomic E-state index is 0.709. The predicted molar refractivity (Wildman–Crippen MR) is 72.1 cm³/mol. The fraction of sp³-hybridized carbons (Fsp3) is 0.357. The molecule has 0 amide bonds. The molecule has 0 unspecified atom stereocenters. The van der Waals surface area contributed by atoms with E-state index in [2.05, 4.69) is 27.2 Å². The maximum Gasteiger partial charge on any atom is 0.178 e. The third-order valence-electron chi connectivity index (χ3n) is 2.68. The number of hydrogen-bond donors (Lipinski definition) is 1. The summed E-state index contributed by atoms with van der Waals surface area (Å²) in [5.74, 6) is 0.709. The second-order valence-corrected chi connectivity index (χ2v) is 4.27. The van der Waals surface area contributed by atoms with Crippen molar-refractivity contribution in [3.8, 4) is 11.5 Å². The molecule has 18 heavy (non-hydrogen) atoms. The first-order valence-electron chi connectivity index (χ1n) is 6.18. The first-order valence-corrected chi connectivity index (χ1v) is 6.18. The molecule has 0 atom stereocenters. The monoisotopic (exact) mass is 242 g/mol. The van der Waals surface area contributed by atoms with Gasteiger partial charge in [0, 0.05) is 18.4 Å². The summed E-state index contributed by atoms with van der Waals surface area (Å²) in [4.78, 5) is 13.4. The van der Waals surface area contributed by atoms with Crippen LogP contribution in [-0.4, -0.2) is 21.5 Å². The Morgan fingerprint density at radius 2 is 2.06 bits per heavy atom. The quantitative estimate of drug-likeness (QED) is 0.893. The van der Waals surface area contributed by atoms with Crippen LogP contribution in [0.25, 0.3) is 11.5 Å². The summed E-state index contributed by atoms with van der Waals surface area (Å²) in [7, 11) is 0. The Kier molecular flexibility index (Phi) is 3.99. The topological polar surface area (TPSA) is 50.7 Å². The summed E-state index contributed by atoms with van der Waals surface area (Å²) in [5.41, 5.74) is 3.93.